The molecule has 25 heavy (non-hydrogen) atoms. The molecule has 2 N–H and O–H groups in total. The Kier molecular flexibility index (Phi) is 5.70. The van der Waals surface area contributed by atoms with E-state index >= 15 is 0 Å². The van der Waals surface area contributed by atoms with Gasteiger partial charge in [-0.3, -0.25) is 10.1 Å². The van der Waals surface area contributed by atoms with Gasteiger partial charge in [0.25, 0.3) is 5.69 Å². The molecule has 0 aliphatic carbocycles. The van der Waals surface area contributed by atoms with Gasteiger partial charge in [-0.05, 0) is 34.7 Å². The van der Waals surface area contributed by atoms with Crippen molar-refractivity contribution in [3.63, 3.8) is 0 Å². The van der Waals surface area contributed by atoms with Gasteiger partial charge >= 0.3 is 0 Å². The van der Waals surface area contributed by atoms with Crippen LogP contribution in [-0.2, 0) is 6.54 Å². The summed E-state index contributed by atoms with van der Waals surface area (Å²) in [7, 11) is 0. The highest BCUT2D eigenvalue weighted by atomic mass is 32.2. The number of quaternary nitrogens is 1. The van der Waals surface area contributed by atoms with Crippen molar-refractivity contribution in [2.24, 2.45) is 0 Å². The number of hydrogen-bond acceptors (Lipinski definition) is 6. The van der Waals surface area contributed by atoms with E-state index in [2.05, 4.69) is 20.8 Å². The van der Waals surface area contributed by atoms with Gasteiger partial charge in [-0.15, -0.1) is 5.10 Å². The molecule has 8 nitrogen and oxygen atoms in total. The van der Waals surface area contributed by atoms with E-state index in [9.17, 15) is 10.1 Å². The van der Waals surface area contributed by atoms with Crippen LogP contribution in [-0.4, -0.2) is 37.4 Å². The van der Waals surface area contributed by atoms with Gasteiger partial charge in [0.05, 0.1) is 22.9 Å². The zero-order chi connectivity index (χ0) is 17.5. The molecule has 0 amide bonds. The summed E-state index contributed by atoms with van der Waals surface area (Å²) in [5.74, 6) is 0.861. The minimum Gasteiger partial charge on any atom is -0.342 e. The Balaban J connectivity index is 1.45. The van der Waals surface area contributed by atoms with E-state index in [0.29, 0.717) is 0 Å². The van der Waals surface area contributed by atoms with E-state index in [0.717, 1.165) is 35.2 Å². The fourth-order valence-corrected chi connectivity index (χ4v) is 3.08. The van der Waals surface area contributed by atoms with Crippen molar-refractivity contribution in [1.82, 2.24) is 20.2 Å². The number of aromatic nitrogens is 4. The monoisotopic (exact) mass is 357 g/mol. The summed E-state index contributed by atoms with van der Waals surface area (Å²) in [4.78, 5) is 10.2. The lowest BCUT2D eigenvalue weighted by Gasteiger charge is -2.04. The third kappa shape index (κ3) is 4.61. The van der Waals surface area contributed by atoms with Crippen molar-refractivity contribution in [2.75, 3.05) is 12.3 Å². The van der Waals surface area contributed by atoms with Gasteiger partial charge in [-0.2, -0.15) is 4.68 Å². The van der Waals surface area contributed by atoms with Crippen molar-refractivity contribution in [3.05, 3.63) is 70.3 Å². The molecule has 3 rings (SSSR count). The molecule has 9 heteroatoms. The van der Waals surface area contributed by atoms with E-state index in [1.54, 1.807) is 28.6 Å². The van der Waals surface area contributed by atoms with Crippen LogP contribution in [0.2, 0.25) is 0 Å². The van der Waals surface area contributed by atoms with E-state index in [1.165, 1.54) is 12.1 Å². The summed E-state index contributed by atoms with van der Waals surface area (Å²) in [6, 6.07) is 16.4. The summed E-state index contributed by atoms with van der Waals surface area (Å²) >= 11 is 1.60. The third-order valence-corrected chi connectivity index (χ3v) is 4.47. The highest BCUT2D eigenvalue weighted by molar-refractivity contribution is 7.99. The average Bonchev–Trinajstić information content (AvgIpc) is 3.11. The first kappa shape index (κ1) is 17.1. The first-order chi connectivity index (χ1) is 12.2. The van der Waals surface area contributed by atoms with Gasteiger partial charge in [0.1, 0.15) is 6.54 Å². The van der Waals surface area contributed by atoms with Gasteiger partial charge < -0.3 is 5.32 Å². The number of non-ortho nitro benzene ring substituents is 1. The summed E-state index contributed by atoms with van der Waals surface area (Å²) < 4.78 is 1.72. The number of nitrogens with two attached hydrogens (primary N) is 1. The molecule has 0 bridgehead atoms. The Hall–Kier alpha value is -2.78. The molecule has 0 saturated heterocycles. The molecule has 128 valence electrons. The Morgan fingerprint density at radius 3 is 2.60 bits per heavy atom. The summed E-state index contributed by atoms with van der Waals surface area (Å²) in [6.07, 6.45) is 0. The normalized spacial score (nSPS) is 10.7. The lowest BCUT2D eigenvalue weighted by atomic mass is 10.2. The molecule has 0 aliphatic heterocycles. The Morgan fingerprint density at radius 2 is 1.88 bits per heavy atom. The molecule has 0 radical (unpaired) electrons. The SMILES string of the molecule is O=[N+]([O-])c1ccc(C[NH2+]CCSc2nnnn2-c2ccccc2)cc1. The lowest BCUT2D eigenvalue weighted by molar-refractivity contribution is -0.666. The van der Waals surface area contributed by atoms with E-state index in [4.69, 9.17) is 0 Å². The highest BCUT2D eigenvalue weighted by Gasteiger charge is 2.09. The molecule has 2 aromatic carbocycles. The summed E-state index contributed by atoms with van der Waals surface area (Å²) in [6.45, 7) is 1.67. The first-order valence-corrected chi connectivity index (χ1v) is 8.74. The number of hydrogen-bond donors (Lipinski definition) is 1. The van der Waals surface area contributed by atoms with Crippen LogP contribution in [0.3, 0.4) is 0 Å². The van der Waals surface area contributed by atoms with Crippen molar-refractivity contribution in [3.8, 4) is 5.69 Å². The molecule has 0 aliphatic rings. The van der Waals surface area contributed by atoms with Crippen LogP contribution >= 0.6 is 11.8 Å². The number of benzene rings is 2. The number of nitro benzene ring substituents is 1. The van der Waals surface area contributed by atoms with E-state index < -0.39 is 0 Å². The van der Waals surface area contributed by atoms with Gasteiger partial charge in [0, 0.05) is 17.7 Å². The zero-order valence-corrected chi connectivity index (χ0v) is 14.2. The van der Waals surface area contributed by atoms with Crippen molar-refractivity contribution >= 4 is 17.4 Å². The number of rotatable bonds is 8. The van der Waals surface area contributed by atoms with Gasteiger partial charge in [-0.1, -0.05) is 30.0 Å². The maximum atomic E-state index is 10.6. The fourth-order valence-electron chi connectivity index (χ4n) is 2.26. The minimum atomic E-state index is -0.388. The second-order valence-electron chi connectivity index (χ2n) is 5.26. The molecule has 0 atom stereocenters. The topological polar surface area (TPSA) is 103 Å². The standard InChI is InChI=1S/C16H16N6O2S/c23-22(24)15-8-6-13(7-9-15)12-17-10-11-25-16-18-19-20-21(16)14-4-2-1-3-5-14/h1-9,17H,10-12H2/p+1. The van der Waals surface area contributed by atoms with E-state index in [-0.39, 0.29) is 10.6 Å². The van der Waals surface area contributed by atoms with Crippen LogP contribution in [0.15, 0.2) is 59.8 Å². The second-order valence-corrected chi connectivity index (χ2v) is 6.32. The maximum Gasteiger partial charge on any atom is 0.269 e. The summed E-state index contributed by atoms with van der Waals surface area (Å²) in [5, 5.41) is 25.4. The fraction of sp³-hybridized carbons (Fsp3) is 0.188. The molecule has 1 aromatic heterocycles. The number of tetrazole rings is 1. The van der Waals surface area contributed by atoms with Crippen LogP contribution in [0.25, 0.3) is 5.69 Å². The van der Waals surface area contributed by atoms with Crippen LogP contribution in [0.4, 0.5) is 5.69 Å². The van der Waals surface area contributed by atoms with Crippen LogP contribution in [0, 0.1) is 10.1 Å². The second kappa shape index (κ2) is 8.36. The Bertz CT molecular complexity index is 822. The first-order valence-electron chi connectivity index (χ1n) is 7.75. The highest BCUT2D eigenvalue weighted by Crippen LogP contribution is 2.16. The average molecular weight is 357 g/mol. The molecule has 0 spiro atoms. The molecule has 1 heterocycles. The van der Waals surface area contributed by atoms with Gasteiger partial charge in [-0.25, -0.2) is 0 Å². The third-order valence-electron chi connectivity index (χ3n) is 3.52. The van der Waals surface area contributed by atoms with Crippen molar-refractivity contribution in [1.29, 1.82) is 0 Å². The Labute approximate surface area is 148 Å². The molecule has 3 aromatic rings. The van der Waals surface area contributed by atoms with Gasteiger partial charge in [0.15, 0.2) is 0 Å². The molecule has 0 fully saturated rings. The van der Waals surface area contributed by atoms with Crippen molar-refractivity contribution in [2.45, 2.75) is 11.7 Å². The summed E-state index contributed by atoms with van der Waals surface area (Å²) in [5.41, 5.74) is 2.11. The maximum absolute atomic E-state index is 10.6. The number of thioether (sulfide) groups is 1. The van der Waals surface area contributed by atoms with Gasteiger partial charge in [0.2, 0.25) is 5.16 Å². The predicted molar refractivity (Wildman–Crippen MR) is 93.5 cm³/mol. The van der Waals surface area contributed by atoms with Crippen LogP contribution in [0.5, 0.6) is 0 Å². The number of para-hydroxylation sites is 1. The van der Waals surface area contributed by atoms with E-state index in [1.807, 2.05) is 30.3 Å². The minimum absolute atomic E-state index is 0.118. The van der Waals surface area contributed by atoms with Crippen LogP contribution in [0.1, 0.15) is 5.56 Å². The Morgan fingerprint density at radius 1 is 1.12 bits per heavy atom. The molecular formula is C16H17N6O2S+. The quantitative estimate of drug-likeness (QED) is 0.283. The smallest absolute Gasteiger partial charge is 0.269 e. The lowest BCUT2D eigenvalue weighted by Crippen LogP contribution is -2.83. The number of nitrogens with zero attached hydrogens (tertiary/aromatic N) is 5. The molecule has 0 unspecified atom stereocenters. The largest absolute Gasteiger partial charge is 0.342 e. The predicted octanol–water partition coefficient (Wildman–Crippen LogP) is 1.43. The molecular weight excluding hydrogens is 340 g/mol. The van der Waals surface area contributed by atoms with Crippen molar-refractivity contribution < 1.29 is 10.2 Å². The zero-order valence-electron chi connectivity index (χ0n) is 13.4. The number of nitro groups is 1. The van der Waals surface area contributed by atoms with Crippen LogP contribution < -0.4 is 5.32 Å². The molecule has 0 saturated carbocycles.